The van der Waals surface area contributed by atoms with E-state index < -0.39 is 24.0 Å². The van der Waals surface area contributed by atoms with Crippen LogP contribution in [0.2, 0.25) is 5.02 Å². The van der Waals surface area contributed by atoms with Gasteiger partial charge in [0.05, 0.1) is 19.3 Å². The average Bonchev–Trinajstić information content (AvgIpc) is 3.27. The number of aliphatic hydroxyl groups is 1. The smallest absolute Gasteiger partial charge is 0.355 e. The summed E-state index contributed by atoms with van der Waals surface area (Å²) in [4.78, 5) is 42.9. The van der Waals surface area contributed by atoms with Gasteiger partial charge in [-0.25, -0.2) is 4.79 Å². The van der Waals surface area contributed by atoms with Crippen molar-refractivity contribution >= 4 is 40.3 Å². The Hall–Kier alpha value is -3.40. The fourth-order valence-electron chi connectivity index (χ4n) is 4.26. The number of H-pyrrole nitrogens is 1. The number of aromatic amines is 1. The van der Waals surface area contributed by atoms with E-state index in [2.05, 4.69) is 20.9 Å². The van der Waals surface area contributed by atoms with Crippen LogP contribution in [0.5, 0.6) is 0 Å². The van der Waals surface area contributed by atoms with Crippen molar-refractivity contribution in [1.29, 1.82) is 0 Å². The van der Waals surface area contributed by atoms with E-state index in [4.69, 9.17) is 16.3 Å². The van der Waals surface area contributed by atoms with E-state index in [1.807, 2.05) is 44.2 Å². The first kappa shape index (κ1) is 29.2. The molecule has 204 valence electrons. The second-order valence-electron chi connectivity index (χ2n) is 9.32. The number of esters is 1. The Kier molecular flexibility index (Phi) is 10.7. The molecule has 0 saturated heterocycles. The van der Waals surface area contributed by atoms with Gasteiger partial charge in [-0.2, -0.15) is 0 Å². The van der Waals surface area contributed by atoms with Crippen LogP contribution in [0, 0.1) is 5.92 Å². The lowest BCUT2D eigenvalue weighted by atomic mass is 9.97. The zero-order chi connectivity index (χ0) is 27.7. The topological polar surface area (TPSA) is 133 Å². The summed E-state index contributed by atoms with van der Waals surface area (Å²) in [5.74, 6) is -1.28. The number of benzene rings is 2. The second-order valence-corrected chi connectivity index (χ2v) is 9.76. The van der Waals surface area contributed by atoms with Crippen molar-refractivity contribution in [3.8, 4) is 0 Å². The molecule has 10 heteroatoms. The first-order valence-corrected chi connectivity index (χ1v) is 13.1. The van der Waals surface area contributed by atoms with Crippen LogP contribution < -0.4 is 16.0 Å². The third-order valence-electron chi connectivity index (χ3n) is 5.94. The van der Waals surface area contributed by atoms with Crippen LogP contribution in [0.1, 0.15) is 54.8 Å². The molecule has 0 saturated carbocycles. The summed E-state index contributed by atoms with van der Waals surface area (Å²) >= 11 is 6.21. The van der Waals surface area contributed by atoms with Gasteiger partial charge in [-0.1, -0.05) is 61.8 Å². The number of ether oxygens (including phenoxy) is 1. The molecule has 2 aromatic carbocycles. The maximum Gasteiger partial charge on any atom is 0.355 e. The van der Waals surface area contributed by atoms with E-state index in [0.717, 1.165) is 5.56 Å². The molecule has 2 atom stereocenters. The lowest BCUT2D eigenvalue weighted by Gasteiger charge is -2.26. The lowest BCUT2D eigenvalue weighted by molar-refractivity contribution is -0.126. The van der Waals surface area contributed by atoms with Gasteiger partial charge in [0, 0.05) is 34.6 Å². The molecular formula is C28H35ClN4O5. The summed E-state index contributed by atoms with van der Waals surface area (Å²) in [7, 11) is 0. The highest BCUT2D eigenvalue weighted by Crippen LogP contribution is 2.32. The summed E-state index contributed by atoms with van der Waals surface area (Å²) in [6.07, 6.45) is 0.419. The van der Waals surface area contributed by atoms with Crippen molar-refractivity contribution in [3.05, 3.63) is 70.4 Å². The van der Waals surface area contributed by atoms with Crippen LogP contribution in [0.15, 0.2) is 48.5 Å². The summed E-state index contributed by atoms with van der Waals surface area (Å²) in [5.41, 5.74) is 1.93. The summed E-state index contributed by atoms with van der Waals surface area (Å²) in [5, 5.41) is 19.1. The Morgan fingerprint density at radius 1 is 1.05 bits per heavy atom. The minimum atomic E-state index is -1.09. The molecule has 0 aliphatic rings. The van der Waals surface area contributed by atoms with Gasteiger partial charge in [-0.3, -0.25) is 14.9 Å². The molecule has 1 unspecified atom stereocenters. The highest BCUT2D eigenvalue weighted by molar-refractivity contribution is 6.31. The molecule has 3 rings (SSSR count). The number of carbonyl (C=O) groups is 3. The highest BCUT2D eigenvalue weighted by Gasteiger charge is 2.34. The molecule has 1 heterocycles. The number of hydrogen-bond donors (Lipinski definition) is 5. The van der Waals surface area contributed by atoms with Crippen molar-refractivity contribution in [2.75, 3.05) is 19.8 Å². The second kappa shape index (κ2) is 13.9. The molecule has 0 aliphatic carbocycles. The van der Waals surface area contributed by atoms with Gasteiger partial charge >= 0.3 is 5.97 Å². The van der Waals surface area contributed by atoms with Crippen molar-refractivity contribution in [3.63, 3.8) is 0 Å². The van der Waals surface area contributed by atoms with E-state index in [0.29, 0.717) is 27.9 Å². The SMILES string of the molecule is CCOC(=O)c1[nH]c2cc(Cl)ccc2c1C(N[C@H](CC(C)C)C(=O)NCCO)C(=O)NCc1ccccc1. The lowest BCUT2D eigenvalue weighted by Crippen LogP contribution is -2.50. The molecule has 38 heavy (non-hydrogen) atoms. The number of halogens is 1. The Balaban J connectivity index is 2.09. The van der Waals surface area contributed by atoms with Crippen LogP contribution in [0.25, 0.3) is 10.9 Å². The minimum Gasteiger partial charge on any atom is -0.461 e. The van der Waals surface area contributed by atoms with E-state index in [-0.39, 0.29) is 43.8 Å². The van der Waals surface area contributed by atoms with Gasteiger partial charge in [0.1, 0.15) is 11.7 Å². The number of rotatable bonds is 13. The minimum absolute atomic E-state index is 0.0830. The summed E-state index contributed by atoms with van der Waals surface area (Å²) in [6.45, 7) is 5.91. The third kappa shape index (κ3) is 7.56. The predicted molar refractivity (Wildman–Crippen MR) is 147 cm³/mol. The summed E-state index contributed by atoms with van der Waals surface area (Å²) in [6, 6.07) is 12.6. The van der Waals surface area contributed by atoms with Crippen molar-refractivity contribution in [2.24, 2.45) is 5.92 Å². The maximum absolute atomic E-state index is 13.8. The van der Waals surface area contributed by atoms with Crippen molar-refractivity contribution in [2.45, 2.75) is 45.8 Å². The fourth-order valence-corrected chi connectivity index (χ4v) is 4.43. The zero-order valence-electron chi connectivity index (χ0n) is 21.8. The number of carbonyl (C=O) groups excluding carboxylic acids is 3. The van der Waals surface area contributed by atoms with Crippen LogP contribution in [0.3, 0.4) is 0 Å². The normalized spacial score (nSPS) is 12.8. The van der Waals surface area contributed by atoms with Crippen LogP contribution in [-0.2, 0) is 20.9 Å². The Labute approximate surface area is 227 Å². The number of nitrogens with one attached hydrogen (secondary N) is 4. The van der Waals surface area contributed by atoms with Crippen LogP contribution in [-0.4, -0.2) is 53.7 Å². The maximum atomic E-state index is 13.8. The standard InChI is InChI=1S/C28H35ClN4O5/c1-4-38-28(37)25-23(20-11-10-19(29)15-21(20)32-25)24(27(36)31-16-18-8-6-5-7-9-18)33-22(14-17(2)3)26(35)30-12-13-34/h5-11,15,17,22,24,32-34H,4,12-14,16H2,1-3H3,(H,30,35)(H,31,36)/t22-,24?/m1/s1. The van der Waals surface area contributed by atoms with E-state index in [1.165, 1.54) is 0 Å². The molecule has 1 aromatic heterocycles. The Morgan fingerprint density at radius 3 is 2.45 bits per heavy atom. The largest absolute Gasteiger partial charge is 0.461 e. The Bertz CT molecular complexity index is 1240. The molecule has 0 fully saturated rings. The van der Waals surface area contributed by atoms with Crippen LogP contribution in [0.4, 0.5) is 0 Å². The number of amides is 2. The summed E-state index contributed by atoms with van der Waals surface area (Å²) < 4.78 is 5.29. The van der Waals surface area contributed by atoms with Gasteiger partial charge in [0.15, 0.2) is 0 Å². The number of aromatic nitrogens is 1. The van der Waals surface area contributed by atoms with Gasteiger partial charge in [0.25, 0.3) is 0 Å². The van der Waals surface area contributed by atoms with Gasteiger partial charge in [-0.15, -0.1) is 0 Å². The monoisotopic (exact) mass is 542 g/mol. The molecule has 0 spiro atoms. The average molecular weight is 543 g/mol. The van der Waals surface area contributed by atoms with Crippen molar-refractivity contribution < 1.29 is 24.2 Å². The van der Waals surface area contributed by atoms with Gasteiger partial charge < -0.3 is 25.5 Å². The van der Waals surface area contributed by atoms with Crippen LogP contribution >= 0.6 is 11.6 Å². The third-order valence-corrected chi connectivity index (χ3v) is 6.18. The highest BCUT2D eigenvalue weighted by atomic mass is 35.5. The van der Waals surface area contributed by atoms with E-state index in [1.54, 1.807) is 25.1 Å². The quantitative estimate of drug-likeness (QED) is 0.210. The van der Waals surface area contributed by atoms with E-state index >= 15 is 0 Å². The number of hydrogen-bond acceptors (Lipinski definition) is 6. The predicted octanol–water partition coefficient (Wildman–Crippen LogP) is 3.47. The van der Waals surface area contributed by atoms with Gasteiger partial charge in [0.2, 0.25) is 11.8 Å². The number of aliphatic hydroxyl groups excluding tert-OH is 1. The fraction of sp³-hybridized carbons (Fsp3) is 0.393. The molecule has 9 nitrogen and oxygen atoms in total. The molecule has 3 aromatic rings. The molecule has 5 N–H and O–H groups in total. The first-order valence-electron chi connectivity index (χ1n) is 12.7. The van der Waals surface area contributed by atoms with Gasteiger partial charge in [-0.05, 0) is 37.0 Å². The molecule has 0 aliphatic heterocycles. The van der Waals surface area contributed by atoms with E-state index in [9.17, 15) is 19.5 Å². The molecular weight excluding hydrogens is 508 g/mol. The molecule has 0 bridgehead atoms. The Morgan fingerprint density at radius 2 is 1.79 bits per heavy atom. The molecule has 0 radical (unpaired) electrons. The number of fused-ring (bicyclic) bond motifs is 1. The first-order chi connectivity index (χ1) is 18.2. The van der Waals surface area contributed by atoms with Crippen molar-refractivity contribution in [1.82, 2.24) is 20.9 Å². The zero-order valence-corrected chi connectivity index (χ0v) is 22.6. The molecule has 2 amide bonds.